The molecule has 4 rings (SSSR count). The molecule has 1 aliphatic heterocycles. The molecule has 1 aromatic heterocycles. The number of likely N-dealkylation sites (N-methyl/N-ethyl adjacent to an activating group) is 1. The summed E-state index contributed by atoms with van der Waals surface area (Å²) in [6, 6.07) is 13.8. The summed E-state index contributed by atoms with van der Waals surface area (Å²) in [5.74, 6) is -0.317. The molecule has 0 saturated carbocycles. The van der Waals surface area contributed by atoms with Crippen LogP contribution in [0.15, 0.2) is 59.6 Å². The van der Waals surface area contributed by atoms with Crippen molar-refractivity contribution in [2.24, 2.45) is 0 Å². The zero-order chi connectivity index (χ0) is 19.9. The largest absolute Gasteiger partial charge is 0.358 e. The summed E-state index contributed by atoms with van der Waals surface area (Å²) in [5, 5.41) is 3.36. The van der Waals surface area contributed by atoms with Gasteiger partial charge in [0, 0.05) is 25.2 Å². The molecule has 1 aliphatic rings. The van der Waals surface area contributed by atoms with Crippen molar-refractivity contribution in [1.29, 1.82) is 0 Å². The number of fused-ring (bicyclic) bond motifs is 2. The minimum atomic E-state index is -3.94. The molecule has 0 aliphatic carbocycles. The number of amides is 1. The fraction of sp³-hybridized carbons (Fsp3) is 0.238. The molecule has 144 valence electrons. The van der Waals surface area contributed by atoms with E-state index in [2.05, 4.69) is 10.3 Å². The Hall–Kier alpha value is -2.77. The number of sulfonamides is 1. The summed E-state index contributed by atoms with van der Waals surface area (Å²) >= 11 is 0. The Bertz CT molecular complexity index is 1170. The average Bonchev–Trinajstić information content (AvgIpc) is 2.71. The Kier molecular flexibility index (Phi) is 4.64. The van der Waals surface area contributed by atoms with Gasteiger partial charge in [-0.2, -0.15) is 4.31 Å². The van der Waals surface area contributed by atoms with E-state index in [0.717, 1.165) is 22.1 Å². The summed E-state index contributed by atoms with van der Waals surface area (Å²) in [6.45, 7) is 2.07. The Morgan fingerprint density at radius 1 is 1.14 bits per heavy atom. The maximum Gasteiger partial charge on any atom is 0.246 e. The first-order valence-corrected chi connectivity index (χ1v) is 10.5. The van der Waals surface area contributed by atoms with Crippen molar-refractivity contribution in [3.63, 3.8) is 0 Å². The van der Waals surface area contributed by atoms with Crippen LogP contribution in [-0.2, 0) is 27.8 Å². The molecule has 0 radical (unpaired) electrons. The van der Waals surface area contributed by atoms with E-state index >= 15 is 0 Å². The predicted octanol–water partition coefficient (Wildman–Crippen LogP) is 2.40. The van der Waals surface area contributed by atoms with Crippen molar-refractivity contribution in [3.8, 4) is 0 Å². The van der Waals surface area contributed by atoms with Crippen LogP contribution in [0.5, 0.6) is 0 Å². The lowest BCUT2D eigenvalue weighted by Gasteiger charge is -2.34. The van der Waals surface area contributed by atoms with E-state index in [1.54, 1.807) is 18.3 Å². The standard InChI is InChI=1S/C21H21N3O3S/c1-14-10-16-8-5-9-19(20(16)23-12-14)28(26,27)24-13-17-7-4-3-6-15(17)11-18(24)21(25)22-2/h3-10,12,18H,11,13H2,1-2H3,(H,22,25). The van der Waals surface area contributed by atoms with Crippen LogP contribution in [-0.4, -0.2) is 36.7 Å². The number of pyridine rings is 1. The van der Waals surface area contributed by atoms with Crippen LogP contribution < -0.4 is 5.32 Å². The van der Waals surface area contributed by atoms with Gasteiger partial charge in [0.1, 0.15) is 10.9 Å². The number of benzene rings is 2. The first-order chi connectivity index (χ1) is 13.4. The highest BCUT2D eigenvalue weighted by atomic mass is 32.2. The summed E-state index contributed by atoms with van der Waals surface area (Å²) in [7, 11) is -2.41. The number of aromatic nitrogens is 1. The number of carbonyl (C=O) groups is 1. The first kappa shape index (κ1) is 18.6. The number of carbonyl (C=O) groups excluding carboxylic acids is 1. The van der Waals surface area contributed by atoms with Gasteiger partial charge >= 0.3 is 0 Å². The third-order valence-electron chi connectivity index (χ3n) is 5.15. The van der Waals surface area contributed by atoms with Crippen molar-refractivity contribution in [3.05, 3.63) is 71.4 Å². The van der Waals surface area contributed by atoms with Gasteiger partial charge in [0.05, 0.1) is 5.52 Å². The van der Waals surface area contributed by atoms with E-state index in [0.29, 0.717) is 11.9 Å². The van der Waals surface area contributed by atoms with E-state index in [9.17, 15) is 13.2 Å². The minimum absolute atomic E-state index is 0.123. The van der Waals surface area contributed by atoms with E-state index < -0.39 is 16.1 Å². The van der Waals surface area contributed by atoms with Crippen LogP contribution in [0, 0.1) is 6.92 Å². The van der Waals surface area contributed by atoms with Gasteiger partial charge in [-0.3, -0.25) is 9.78 Å². The number of aryl methyl sites for hydroxylation is 1. The monoisotopic (exact) mass is 395 g/mol. The Balaban J connectivity index is 1.87. The topological polar surface area (TPSA) is 79.4 Å². The highest BCUT2D eigenvalue weighted by molar-refractivity contribution is 7.89. The van der Waals surface area contributed by atoms with Gasteiger partial charge in [0.2, 0.25) is 15.9 Å². The van der Waals surface area contributed by atoms with Gasteiger partial charge < -0.3 is 5.32 Å². The van der Waals surface area contributed by atoms with E-state index in [1.165, 1.54) is 11.4 Å². The molecule has 1 amide bonds. The first-order valence-electron chi connectivity index (χ1n) is 9.07. The summed E-state index contributed by atoms with van der Waals surface area (Å²) < 4.78 is 28.6. The highest BCUT2D eigenvalue weighted by Gasteiger charge is 2.40. The number of hydrogen-bond donors (Lipinski definition) is 1. The molecule has 7 heteroatoms. The summed E-state index contributed by atoms with van der Waals surface area (Å²) in [5.41, 5.74) is 3.28. The predicted molar refractivity (Wildman–Crippen MR) is 107 cm³/mol. The minimum Gasteiger partial charge on any atom is -0.358 e. The molecule has 2 aromatic carbocycles. The molecule has 28 heavy (non-hydrogen) atoms. The number of nitrogens with one attached hydrogen (secondary N) is 1. The van der Waals surface area contributed by atoms with Crippen molar-refractivity contribution < 1.29 is 13.2 Å². The Morgan fingerprint density at radius 2 is 1.89 bits per heavy atom. The summed E-state index contributed by atoms with van der Waals surface area (Å²) in [6.07, 6.45) is 2.00. The molecule has 1 unspecified atom stereocenters. The van der Waals surface area contributed by atoms with Crippen molar-refractivity contribution in [2.45, 2.75) is 30.8 Å². The second-order valence-electron chi connectivity index (χ2n) is 6.99. The van der Waals surface area contributed by atoms with Gasteiger partial charge in [-0.25, -0.2) is 8.42 Å². The van der Waals surface area contributed by atoms with Gasteiger partial charge in [-0.15, -0.1) is 0 Å². The fourth-order valence-electron chi connectivity index (χ4n) is 3.72. The normalized spacial score (nSPS) is 17.3. The Labute approximate surface area is 164 Å². The molecule has 2 heterocycles. The number of para-hydroxylation sites is 1. The highest BCUT2D eigenvalue weighted by Crippen LogP contribution is 2.31. The molecule has 1 atom stereocenters. The van der Waals surface area contributed by atoms with Crippen LogP contribution in [0.1, 0.15) is 16.7 Å². The summed E-state index contributed by atoms with van der Waals surface area (Å²) in [4.78, 5) is 17.0. The van der Waals surface area contributed by atoms with Crippen LogP contribution >= 0.6 is 0 Å². The molecular formula is C21H21N3O3S. The average molecular weight is 395 g/mol. The zero-order valence-corrected chi connectivity index (χ0v) is 16.5. The Morgan fingerprint density at radius 3 is 2.64 bits per heavy atom. The van der Waals surface area contributed by atoms with Crippen molar-refractivity contribution in [2.75, 3.05) is 7.05 Å². The molecule has 0 saturated heterocycles. The third kappa shape index (κ3) is 3.06. The molecule has 0 spiro atoms. The maximum absolute atomic E-state index is 13.6. The van der Waals surface area contributed by atoms with Crippen LogP contribution in [0.3, 0.4) is 0 Å². The second-order valence-corrected chi connectivity index (χ2v) is 8.85. The van der Waals surface area contributed by atoms with Gasteiger partial charge in [-0.05, 0) is 42.2 Å². The number of rotatable bonds is 3. The van der Waals surface area contributed by atoms with Crippen LogP contribution in [0.4, 0.5) is 0 Å². The lowest BCUT2D eigenvalue weighted by atomic mass is 9.95. The molecule has 0 fully saturated rings. The van der Waals surface area contributed by atoms with E-state index in [1.807, 2.05) is 43.3 Å². The number of hydrogen-bond acceptors (Lipinski definition) is 4. The van der Waals surface area contributed by atoms with Gasteiger partial charge in [0.25, 0.3) is 0 Å². The molecule has 6 nitrogen and oxygen atoms in total. The van der Waals surface area contributed by atoms with E-state index in [-0.39, 0.29) is 17.3 Å². The molecule has 3 aromatic rings. The van der Waals surface area contributed by atoms with Crippen LogP contribution in [0.25, 0.3) is 10.9 Å². The zero-order valence-electron chi connectivity index (χ0n) is 15.7. The quantitative estimate of drug-likeness (QED) is 0.739. The number of nitrogens with zero attached hydrogens (tertiary/aromatic N) is 2. The van der Waals surface area contributed by atoms with Crippen molar-refractivity contribution >= 4 is 26.8 Å². The van der Waals surface area contributed by atoms with Gasteiger partial charge in [-0.1, -0.05) is 36.4 Å². The molecule has 0 bridgehead atoms. The van der Waals surface area contributed by atoms with Crippen LogP contribution in [0.2, 0.25) is 0 Å². The van der Waals surface area contributed by atoms with Gasteiger partial charge in [0.15, 0.2) is 0 Å². The van der Waals surface area contributed by atoms with E-state index in [4.69, 9.17) is 0 Å². The third-order valence-corrected chi connectivity index (χ3v) is 7.04. The molecular weight excluding hydrogens is 374 g/mol. The molecule has 1 N–H and O–H groups in total. The SMILES string of the molecule is CNC(=O)C1Cc2ccccc2CN1S(=O)(=O)c1cccc2cc(C)cnc12. The second kappa shape index (κ2) is 7.00. The lowest BCUT2D eigenvalue weighted by molar-refractivity contribution is -0.124. The van der Waals surface area contributed by atoms with Crippen molar-refractivity contribution in [1.82, 2.24) is 14.6 Å². The smallest absolute Gasteiger partial charge is 0.246 e. The lowest BCUT2D eigenvalue weighted by Crippen LogP contribution is -2.51. The fourth-order valence-corrected chi connectivity index (χ4v) is 5.45. The maximum atomic E-state index is 13.6.